The topological polar surface area (TPSA) is 71.2 Å². The predicted octanol–water partition coefficient (Wildman–Crippen LogP) is 2.42. The Morgan fingerprint density at radius 3 is 2.67 bits per heavy atom. The van der Waals surface area contributed by atoms with Crippen molar-refractivity contribution < 1.29 is 9.90 Å². The van der Waals surface area contributed by atoms with E-state index in [4.69, 9.17) is 5.11 Å². The largest absolute Gasteiger partial charge is 0.478 e. The van der Waals surface area contributed by atoms with E-state index in [2.05, 4.69) is 21.0 Å². The monoisotopic (exact) mass is 326 g/mol. The first-order chi connectivity index (χ1) is 11.6. The quantitative estimate of drug-likeness (QED) is 0.934. The first-order valence-corrected chi connectivity index (χ1v) is 8.52. The Hall–Kier alpha value is -2.21. The van der Waals surface area contributed by atoms with Gasteiger partial charge in [0.15, 0.2) is 0 Å². The lowest BCUT2D eigenvalue weighted by atomic mass is 9.88. The van der Waals surface area contributed by atoms with Gasteiger partial charge in [-0.3, -0.25) is 14.6 Å². The van der Waals surface area contributed by atoms with Crippen molar-refractivity contribution in [3.8, 4) is 0 Å². The van der Waals surface area contributed by atoms with Crippen LogP contribution in [-0.2, 0) is 13.6 Å². The highest BCUT2D eigenvalue weighted by atomic mass is 16.4. The molecule has 2 aromatic rings. The molecule has 2 unspecified atom stereocenters. The molecule has 2 atom stereocenters. The molecule has 2 aliphatic heterocycles. The van der Waals surface area contributed by atoms with Crippen LogP contribution in [-0.4, -0.2) is 42.8 Å². The molecule has 0 aromatic carbocycles. The number of carbonyl (C=O) groups is 1. The van der Waals surface area contributed by atoms with Crippen molar-refractivity contribution in [1.29, 1.82) is 0 Å². The smallest absolute Gasteiger partial charge is 0.337 e. The summed E-state index contributed by atoms with van der Waals surface area (Å²) in [4.78, 5) is 17.8. The van der Waals surface area contributed by atoms with Crippen LogP contribution in [0, 0.1) is 0 Å². The zero-order valence-corrected chi connectivity index (χ0v) is 13.8. The van der Waals surface area contributed by atoms with Gasteiger partial charge >= 0.3 is 5.97 Å². The van der Waals surface area contributed by atoms with Crippen LogP contribution in [0.2, 0.25) is 0 Å². The molecule has 0 radical (unpaired) electrons. The number of fused-ring (bicyclic) bond motifs is 2. The number of carboxylic acid groups (broad SMARTS) is 1. The van der Waals surface area contributed by atoms with Gasteiger partial charge in [0.05, 0.1) is 5.56 Å². The highest BCUT2D eigenvalue weighted by Gasteiger charge is 2.41. The number of hydrogen-bond acceptors (Lipinski definition) is 4. The van der Waals surface area contributed by atoms with Crippen LogP contribution in [0.3, 0.4) is 0 Å². The fourth-order valence-corrected chi connectivity index (χ4v) is 4.46. The molecule has 4 rings (SSSR count). The van der Waals surface area contributed by atoms with Crippen LogP contribution in [0.15, 0.2) is 30.7 Å². The minimum atomic E-state index is -0.915. The van der Waals surface area contributed by atoms with Crippen LogP contribution >= 0.6 is 0 Å². The summed E-state index contributed by atoms with van der Waals surface area (Å²) in [6, 6.07) is 5.02. The molecule has 0 amide bonds. The molecule has 0 saturated carbocycles. The van der Waals surface area contributed by atoms with E-state index in [1.54, 1.807) is 12.3 Å². The van der Waals surface area contributed by atoms with Crippen molar-refractivity contribution in [1.82, 2.24) is 19.7 Å². The summed E-state index contributed by atoms with van der Waals surface area (Å²) < 4.78 is 2.00. The van der Waals surface area contributed by atoms with Gasteiger partial charge < -0.3 is 5.11 Å². The minimum Gasteiger partial charge on any atom is -0.478 e. The minimum absolute atomic E-state index is 0.268. The van der Waals surface area contributed by atoms with Crippen LogP contribution in [0.5, 0.6) is 0 Å². The van der Waals surface area contributed by atoms with Gasteiger partial charge in [0.25, 0.3) is 0 Å². The third-order valence-corrected chi connectivity index (χ3v) is 5.57. The fraction of sp³-hybridized carbons (Fsp3) is 0.500. The van der Waals surface area contributed by atoms with Crippen molar-refractivity contribution in [3.63, 3.8) is 0 Å². The van der Waals surface area contributed by atoms with Crippen molar-refractivity contribution in [2.45, 2.75) is 50.2 Å². The van der Waals surface area contributed by atoms with Gasteiger partial charge in [-0.15, -0.1) is 0 Å². The number of hydrogen-bond donors (Lipinski definition) is 1. The van der Waals surface area contributed by atoms with Crippen LogP contribution in [0.25, 0.3) is 0 Å². The van der Waals surface area contributed by atoms with Gasteiger partial charge in [0.2, 0.25) is 0 Å². The molecule has 4 heterocycles. The zero-order valence-electron chi connectivity index (χ0n) is 13.8. The SMILES string of the molecule is Cn1nccc1C1CC2CCC(C1)N2Cc1cncc(C(=O)O)c1. The molecule has 1 N–H and O–H groups in total. The highest BCUT2D eigenvalue weighted by Crippen LogP contribution is 2.43. The summed E-state index contributed by atoms with van der Waals surface area (Å²) in [7, 11) is 2.02. The lowest BCUT2D eigenvalue weighted by molar-refractivity contribution is 0.0696. The molecule has 6 nitrogen and oxygen atoms in total. The second kappa shape index (κ2) is 6.02. The molecule has 0 aliphatic carbocycles. The molecule has 0 spiro atoms. The van der Waals surface area contributed by atoms with Gasteiger partial charge in [-0.05, 0) is 43.4 Å². The molecule has 6 heteroatoms. The number of aromatic carboxylic acids is 1. The van der Waals surface area contributed by atoms with E-state index in [0.717, 1.165) is 24.9 Å². The van der Waals surface area contributed by atoms with Gasteiger partial charge in [0, 0.05) is 55.9 Å². The summed E-state index contributed by atoms with van der Waals surface area (Å²) >= 11 is 0. The van der Waals surface area contributed by atoms with Crippen molar-refractivity contribution in [2.75, 3.05) is 0 Å². The number of carboxylic acids is 1. The summed E-state index contributed by atoms with van der Waals surface area (Å²) in [5.41, 5.74) is 2.59. The van der Waals surface area contributed by atoms with E-state index in [-0.39, 0.29) is 5.56 Å². The number of rotatable bonds is 4. The van der Waals surface area contributed by atoms with E-state index in [9.17, 15) is 4.79 Å². The van der Waals surface area contributed by atoms with Crippen molar-refractivity contribution in [3.05, 3.63) is 47.5 Å². The first-order valence-electron chi connectivity index (χ1n) is 8.52. The van der Waals surface area contributed by atoms with E-state index < -0.39 is 5.97 Å². The van der Waals surface area contributed by atoms with Crippen LogP contribution in [0.1, 0.15) is 53.2 Å². The van der Waals surface area contributed by atoms with Gasteiger partial charge in [-0.1, -0.05) is 0 Å². The molecular formula is C18H22N4O2. The lowest BCUT2D eigenvalue weighted by Gasteiger charge is -2.39. The maximum absolute atomic E-state index is 11.1. The number of nitrogens with zero attached hydrogens (tertiary/aromatic N) is 4. The van der Waals surface area contributed by atoms with E-state index in [1.165, 1.54) is 24.7 Å². The highest BCUT2D eigenvalue weighted by molar-refractivity contribution is 5.87. The normalized spacial score (nSPS) is 26.6. The average Bonchev–Trinajstić information content (AvgIpc) is 3.08. The second-order valence-electron chi connectivity index (χ2n) is 6.99. The molecule has 2 fully saturated rings. The summed E-state index contributed by atoms with van der Waals surface area (Å²) in [5.74, 6) is -0.336. The number of aryl methyl sites for hydroxylation is 1. The van der Waals surface area contributed by atoms with Crippen molar-refractivity contribution in [2.24, 2.45) is 7.05 Å². The van der Waals surface area contributed by atoms with Crippen LogP contribution in [0.4, 0.5) is 0 Å². The third kappa shape index (κ3) is 2.71. The van der Waals surface area contributed by atoms with Crippen LogP contribution < -0.4 is 0 Å². The lowest BCUT2D eigenvalue weighted by Crippen LogP contribution is -2.42. The summed E-state index contributed by atoms with van der Waals surface area (Å²) in [6.07, 6.45) is 9.85. The molecule has 2 bridgehead atoms. The maximum atomic E-state index is 11.1. The first kappa shape index (κ1) is 15.3. The van der Waals surface area contributed by atoms with Crippen molar-refractivity contribution >= 4 is 5.97 Å². The summed E-state index contributed by atoms with van der Waals surface area (Å²) in [5, 5.41) is 13.5. The zero-order chi connectivity index (χ0) is 16.7. The number of pyridine rings is 1. The molecule has 2 aliphatic rings. The van der Waals surface area contributed by atoms with Gasteiger partial charge in [0.1, 0.15) is 0 Å². The van der Waals surface area contributed by atoms with E-state index in [1.807, 2.05) is 17.9 Å². The maximum Gasteiger partial charge on any atom is 0.337 e. The molecular weight excluding hydrogens is 304 g/mol. The van der Waals surface area contributed by atoms with E-state index in [0.29, 0.717) is 18.0 Å². The Kier molecular flexibility index (Phi) is 3.84. The standard InChI is InChI=1S/C18H22N4O2/c1-21-17(4-5-20-21)13-7-15-2-3-16(8-13)22(15)11-12-6-14(18(23)24)10-19-9-12/h4-6,9-10,13,15-16H,2-3,7-8,11H2,1H3,(H,23,24). The molecule has 2 saturated heterocycles. The Labute approximate surface area is 141 Å². The molecule has 24 heavy (non-hydrogen) atoms. The third-order valence-electron chi connectivity index (χ3n) is 5.57. The van der Waals surface area contributed by atoms with Gasteiger partial charge in [-0.2, -0.15) is 5.10 Å². The second-order valence-corrected chi connectivity index (χ2v) is 6.99. The molecule has 126 valence electrons. The Balaban J connectivity index is 1.50. The molecule has 2 aromatic heterocycles. The number of piperidine rings is 1. The van der Waals surface area contributed by atoms with Gasteiger partial charge in [-0.25, -0.2) is 4.79 Å². The Morgan fingerprint density at radius 2 is 2.04 bits per heavy atom. The average molecular weight is 326 g/mol. The van der Waals surface area contributed by atoms with E-state index >= 15 is 0 Å². The summed E-state index contributed by atoms with van der Waals surface area (Å²) in [6.45, 7) is 0.793. The predicted molar refractivity (Wildman–Crippen MR) is 88.7 cm³/mol. The fourth-order valence-electron chi connectivity index (χ4n) is 4.46. The Morgan fingerprint density at radius 1 is 1.29 bits per heavy atom. The Bertz CT molecular complexity index is 743. The number of aromatic nitrogens is 3.